The number of nitrogens with zero attached hydrogens (tertiary/aromatic N) is 1. The number of hydrogen-bond acceptors (Lipinski definition) is 3. The second-order valence-electron chi connectivity index (χ2n) is 6.48. The minimum atomic E-state index is -4.17. The number of alkyl halides is 3. The molecule has 3 unspecified atom stereocenters. The summed E-state index contributed by atoms with van der Waals surface area (Å²) in [7, 11) is 0. The molecule has 134 valence electrons. The highest BCUT2D eigenvalue weighted by molar-refractivity contribution is 5.79. The van der Waals surface area contributed by atoms with Crippen molar-refractivity contribution in [1.29, 1.82) is 0 Å². The molecule has 1 fully saturated rings. The average Bonchev–Trinajstić information content (AvgIpc) is 2.97. The van der Waals surface area contributed by atoms with Gasteiger partial charge in [0.05, 0.1) is 12.5 Å². The molecule has 4 nitrogen and oxygen atoms in total. The van der Waals surface area contributed by atoms with Crippen molar-refractivity contribution < 1.29 is 18.0 Å². The zero-order valence-electron chi connectivity index (χ0n) is 13.7. The summed E-state index contributed by atoms with van der Waals surface area (Å²) in [6.45, 7) is 2.04. The van der Waals surface area contributed by atoms with Gasteiger partial charge < -0.3 is 11.1 Å². The van der Waals surface area contributed by atoms with Gasteiger partial charge in [0.15, 0.2) is 0 Å². The van der Waals surface area contributed by atoms with E-state index in [-0.39, 0.29) is 11.8 Å². The van der Waals surface area contributed by atoms with Crippen molar-refractivity contribution in [1.82, 2.24) is 10.2 Å². The van der Waals surface area contributed by atoms with E-state index in [1.165, 1.54) is 4.90 Å². The first kappa shape index (κ1) is 18.7. The average molecular weight is 343 g/mol. The highest BCUT2D eigenvalue weighted by Gasteiger charge is 2.34. The highest BCUT2D eigenvalue weighted by atomic mass is 19.4. The monoisotopic (exact) mass is 343 g/mol. The maximum atomic E-state index is 12.4. The van der Waals surface area contributed by atoms with Gasteiger partial charge in [-0.25, -0.2) is 0 Å². The quantitative estimate of drug-likeness (QED) is 0.833. The van der Waals surface area contributed by atoms with Crippen LogP contribution in [0.1, 0.15) is 24.9 Å². The Bertz CT molecular complexity index is 536. The number of rotatable bonds is 6. The maximum absolute atomic E-state index is 12.4. The lowest BCUT2D eigenvalue weighted by molar-refractivity contribution is -0.143. The SMILES string of the molecule is CC(C(=O)NCC1CCN(CC(F)(F)F)C1)C(N)c1ccccc1. The van der Waals surface area contributed by atoms with Gasteiger partial charge >= 0.3 is 6.18 Å². The van der Waals surface area contributed by atoms with Crippen LogP contribution in [0.3, 0.4) is 0 Å². The molecule has 1 aromatic carbocycles. The van der Waals surface area contributed by atoms with E-state index in [0.29, 0.717) is 26.1 Å². The van der Waals surface area contributed by atoms with E-state index < -0.39 is 24.7 Å². The van der Waals surface area contributed by atoms with Gasteiger partial charge in [0.1, 0.15) is 0 Å². The first-order chi connectivity index (χ1) is 11.3. The van der Waals surface area contributed by atoms with Gasteiger partial charge in [-0.15, -0.1) is 0 Å². The van der Waals surface area contributed by atoms with E-state index in [2.05, 4.69) is 5.32 Å². The Morgan fingerprint density at radius 3 is 2.67 bits per heavy atom. The Morgan fingerprint density at radius 1 is 1.38 bits per heavy atom. The summed E-state index contributed by atoms with van der Waals surface area (Å²) in [6, 6.07) is 8.96. The van der Waals surface area contributed by atoms with Crippen LogP contribution in [0.5, 0.6) is 0 Å². The van der Waals surface area contributed by atoms with Gasteiger partial charge in [0.25, 0.3) is 0 Å². The van der Waals surface area contributed by atoms with Gasteiger partial charge in [-0.3, -0.25) is 9.69 Å². The van der Waals surface area contributed by atoms with Gasteiger partial charge in [-0.05, 0) is 24.4 Å². The number of halogens is 3. The van der Waals surface area contributed by atoms with E-state index >= 15 is 0 Å². The lowest BCUT2D eigenvalue weighted by Crippen LogP contribution is -2.39. The van der Waals surface area contributed by atoms with E-state index in [0.717, 1.165) is 5.56 Å². The maximum Gasteiger partial charge on any atom is 0.401 e. The van der Waals surface area contributed by atoms with Gasteiger partial charge in [0, 0.05) is 19.1 Å². The summed E-state index contributed by atoms with van der Waals surface area (Å²) in [5.74, 6) is -0.517. The molecule has 0 saturated carbocycles. The van der Waals surface area contributed by atoms with Crippen molar-refractivity contribution in [2.75, 3.05) is 26.2 Å². The Labute approximate surface area is 140 Å². The molecule has 1 amide bonds. The third kappa shape index (κ3) is 5.49. The summed E-state index contributed by atoms with van der Waals surface area (Å²) in [5, 5.41) is 2.83. The smallest absolute Gasteiger partial charge is 0.355 e. The van der Waals surface area contributed by atoms with Crippen molar-refractivity contribution in [3.63, 3.8) is 0 Å². The number of carbonyl (C=O) groups excluding carboxylic acids is 1. The molecule has 1 aliphatic heterocycles. The topological polar surface area (TPSA) is 58.4 Å². The standard InChI is InChI=1S/C17H24F3N3O/c1-12(15(21)14-5-3-2-4-6-14)16(24)22-9-13-7-8-23(10-13)11-17(18,19)20/h2-6,12-13,15H,7-11,21H2,1H3,(H,22,24). The van der Waals surface area contributed by atoms with E-state index in [1.54, 1.807) is 6.92 Å². The number of nitrogens with two attached hydrogens (primary N) is 1. The molecule has 0 radical (unpaired) electrons. The molecule has 1 aromatic rings. The number of carbonyl (C=O) groups is 1. The predicted molar refractivity (Wildman–Crippen MR) is 86.1 cm³/mol. The molecule has 7 heteroatoms. The van der Waals surface area contributed by atoms with Gasteiger partial charge in [0.2, 0.25) is 5.91 Å². The molecule has 0 aromatic heterocycles. The van der Waals surface area contributed by atoms with E-state index in [4.69, 9.17) is 5.73 Å². The highest BCUT2D eigenvalue weighted by Crippen LogP contribution is 2.23. The Morgan fingerprint density at radius 2 is 2.04 bits per heavy atom. The first-order valence-electron chi connectivity index (χ1n) is 8.13. The van der Waals surface area contributed by atoms with Crippen LogP contribution in [0.25, 0.3) is 0 Å². The summed E-state index contributed by atoms with van der Waals surface area (Å²) < 4.78 is 37.1. The molecule has 2 rings (SSSR count). The van der Waals surface area contributed by atoms with Crippen molar-refractivity contribution in [3.8, 4) is 0 Å². The number of hydrogen-bond donors (Lipinski definition) is 2. The van der Waals surface area contributed by atoms with Crippen LogP contribution in [-0.2, 0) is 4.79 Å². The van der Waals surface area contributed by atoms with Crippen LogP contribution in [0.15, 0.2) is 30.3 Å². The van der Waals surface area contributed by atoms with Crippen molar-refractivity contribution >= 4 is 5.91 Å². The Balaban J connectivity index is 1.77. The van der Waals surface area contributed by atoms with Crippen molar-refractivity contribution in [2.45, 2.75) is 25.6 Å². The number of benzene rings is 1. The fourth-order valence-electron chi connectivity index (χ4n) is 3.01. The molecule has 3 N–H and O–H groups in total. The molecule has 0 aliphatic carbocycles. The Kier molecular flexibility index (Phi) is 6.23. The predicted octanol–water partition coefficient (Wildman–Crippen LogP) is 2.32. The number of likely N-dealkylation sites (tertiary alicyclic amines) is 1. The van der Waals surface area contributed by atoms with Crippen molar-refractivity contribution in [3.05, 3.63) is 35.9 Å². The summed E-state index contributed by atoms with van der Waals surface area (Å²) in [6.07, 6.45) is -3.51. The summed E-state index contributed by atoms with van der Waals surface area (Å²) >= 11 is 0. The van der Waals surface area contributed by atoms with E-state index in [1.807, 2.05) is 30.3 Å². The normalized spacial score (nSPS) is 21.5. The number of amides is 1. The molecule has 0 spiro atoms. The van der Waals surface area contributed by atoms with Crippen LogP contribution in [0, 0.1) is 11.8 Å². The zero-order valence-corrected chi connectivity index (χ0v) is 13.7. The van der Waals surface area contributed by atoms with Crippen LogP contribution in [0.4, 0.5) is 13.2 Å². The molecule has 1 heterocycles. The van der Waals surface area contributed by atoms with Crippen LogP contribution in [-0.4, -0.2) is 43.2 Å². The lowest BCUT2D eigenvalue weighted by Gasteiger charge is -2.21. The molecule has 1 aliphatic rings. The van der Waals surface area contributed by atoms with Crippen LogP contribution < -0.4 is 11.1 Å². The molecule has 1 saturated heterocycles. The molecular weight excluding hydrogens is 319 g/mol. The minimum Gasteiger partial charge on any atom is -0.355 e. The number of nitrogens with one attached hydrogen (secondary N) is 1. The van der Waals surface area contributed by atoms with Gasteiger partial charge in [-0.1, -0.05) is 37.3 Å². The first-order valence-corrected chi connectivity index (χ1v) is 8.13. The van der Waals surface area contributed by atoms with Crippen LogP contribution in [0.2, 0.25) is 0 Å². The molecule has 3 atom stereocenters. The van der Waals surface area contributed by atoms with Gasteiger partial charge in [-0.2, -0.15) is 13.2 Å². The van der Waals surface area contributed by atoms with Crippen molar-refractivity contribution in [2.24, 2.45) is 17.6 Å². The minimum absolute atomic E-state index is 0.0523. The fourth-order valence-corrected chi connectivity index (χ4v) is 3.01. The fraction of sp³-hybridized carbons (Fsp3) is 0.588. The largest absolute Gasteiger partial charge is 0.401 e. The summed E-state index contributed by atoms with van der Waals surface area (Å²) in [5.41, 5.74) is 7.01. The van der Waals surface area contributed by atoms with E-state index in [9.17, 15) is 18.0 Å². The lowest BCUT2D eigenvalue weighted by atomic mass is 9.94. The van der Waals surface area contributed by atoms with Crippen LogP contribution >= 0.6 is 0 Å². The second kappa shape index (κ2) is 7.98. The third-order valence-electron chi connectivity index (χ3n) is 4.47. The summed E-state index contributed by atoms with van der Waals surface area (Å²) in [4.78, 5) is 13.6. The second-order valence-corrected chi connectivity index (χ2v) is 6.48. The Hall–Kier alpha value is -1.60. The molecular formula is C17H24F3N3O. The molecule has 0 bridgehead atoms. The molecule has 24 heavy (non-hydrogen) atoms. The third-order valence-corrected chi connectivity index (χ3v) is 4.47. The zero-order chi connectivity index (χ0) is 17.7.